The first-order chi connectivity index (χ1) is 10.1. The monoisotopic (exact) mass is 291 g/mol. The number of methoxy groups -OCH3 is 1. The second-order valence-electron chi connectivity index (χ2n) is 6.18. The Kier molecular flexibility index (Phi) is 3.69. The van der Waals surface area contributed by atoms with Crippen LogP contribution in [0.4, 0.5) is 5.95 Å². The van der Waals surface area contributed by atoms with Gasteiger partial charge in [0.05, 0.1) is 24.9 Å². The van der Waals surface area contributed by atoms with E-state index in [0.29, 0.717) is 24.2 Å². The van der Waals surface area contributed by atoms with E-state index in [-0.39, 0.29) is 0 Å². The lowest BCUT2D eigenvalue weighted by atomic mass is 9.75. The number of carboxylic acid groups (broad SMARTS) is 1. The van der Waals surface area contributed by atoms with Gasteiger partial charge in [0.25, 0.3) is 0 Å². The summed E-state index contributed by atoms with van der Waals surface area (Å²) in [6, 6.07) is 0. The zero-order valence-electron chi connectivity index (χ0n) is 12.3. The summed E-state index contributed by atoms with van der Waals surface area (Å²) in [6.07, 6.45) is 8.01. The number of ether oxygens (including phenoxy) is 1. The molecule has 1 saturated carbocycles. The molecule has 1 aromatic rings. The number of anilines is 1. The third kappa shape index (κ3) is 2.94. The molecule has 1 aromatic heterocycles. The van der Waals surface area contributed by atoms with Gasteiger partial charge in [0.15, 0.2) is 5.75 Å². The largest absolute Gasteiger partial charge is 0.494 e. The van der Waals surface area contributed by atoms with Gasteiger partial charge in [-0.2, -0.15) is 0 Å². The maximum absolute atomic E-state index is 11.8. The van der Waals surface area contributed by atoms with Crippen LogP contribution < -0.4 is 9.64 Å². The van der Waals surface area contributed by atoms with E-state index >= 15 is 0 Å². The quantitative estimate of drug-likeness (QED) is 0.893. The Labute approximate surface area is 124 Å². The van der Waals surface area contributed by atoms with Crippen molar-refractivity contribution in [3.63, 3.8) is 0 Å². The van der Waals surface area contributed by atoms with Crippen molar-refractivity contribution in [1.29, 1.82) is 0 Å². The van der Waals surface area contributed by atoms with E-state index in [0.717, 1.165) is 25.8 Å². The molecule has 114 valence electrons. The van der Waals surface area contributed by atoms with Gasteiger partial charge in [0.1, 0.15) is 0 Å². The fraction of sp³-hybridized carbons (Fsp3) is 0.667. The van der Waals surface area contributed by atoms with Gasteiger partial charge < -0.3 is 14.7 Å². The lowest BCUT2D eigenvalue weighted by molar-refractivity contribution is -0.150. The van der Waals surface area contributed by atoms with E-state index < -0.39 is 11.4 Å². The highest BCUT2D eigenvalue weighted by Crippen LogP contribution is 2.45. The normalized spacial score (nSPS) is 25.7. The van der Waals surface area contributed by atoms with Crippen molar-refractivity contribution in [2.24, 2.45) is 11.3 Å². The number of aliphatic carboxylic acids is 1. The summed E-state index contributed by atoms with van der Waals surface area (Å²) in [4.78, 5) is 22.4. The first-order valence-corrected chi connectivity index (χ1v) is 7.47. The number of aromatic nitrogens is 2. The Morgan fingerprint density at radius 1 is 1.48 bits per heavy atom. The first kappa shape index (κ1) is 14.1. The lowest BCUT2D eigenvalue weighted by Gasteiger charge is -2.40. The zero-order valence-corrected chi connectivity index (χ0v) is 12.3. The van der Waals surface area contributed by atoms with Crippen LogP contribution in [0.3, 0.4) is 0 Å². The molecular formula is C15H21N3O3. The molecule has 0 bridgehead atoms. The van der Waals surface area contributed by atoms with E-state index in [1.807, 2.05) is 4.90 Å². The molecule has 0 amide bonds. The van der Waals surface area contributed by atoms with Crippen LogP contribution in [0.1, 0.15) is 32.1 Å². The third-order valence-corrected chi connectivity index (χ3v) is 4.54. The fourth-order valence-electron chi connectivity index (χ4n) is 3.18. The van der Waals surface area contributed by atoms with Gasteiger partial charge in [0, 0.05) is 13.1 Å². The fourth-order valence-corrected chi connectivity index (χ4v) is 3.18. The van der Waals surface area contributed by atoms with Crippen molar-refractivity contribution in [3.8, 4) is 5.75 Å². The van der Waals surface area contributed by atoms with Crippen molar-refractivity contribution < 1.29 is 14.6 Å². The molecule has 6 nitrogen and oxygen atoms in total. The molecule has 1 N–H and O–H groups in total. The molecule has 3 rings (SSSR count). The van der Waals surface area contributed by atoms with Crippen LogP contribution in [-0.4, -0.2) is 41.2 Å². The summed E-state index contributed by atoms with van der Waals surface area (Å²) < 4.78 is 5.06. The van der Waals surface area contributed by atoms with Crippen LogP contribution in [0.25, 0.3) is 0 Å². The minimum Gasteiger partial charge on any atom is -0.494 e. The van der Waals surface area contributed by atoms with Crippen molar-refractivity contribution in [3.05, 3.63) is 12.4 Å². The highest BCUT2D eigenvalue weighted by atomic mass is 16.5. The zero-order chi connectivity index (χ0) is 14.9. The Morgan fingerprint density at radius 2 is 2.19 bits per heavy atom. The van der Waals surface area contributed by atoms with Crippen molar-refractivity contribution in [2.75, 3.05) is 25.1 Å². The van der Waals surface area contributed by atoms with E-state index in [2.05, 4.69) is 9.97 Å². The summed E-state index contributed by atoms with van der Waals surface area (Å²) in [7, 11) is 1.57. The lowest BCUT2D eigenvalue weighted by Crippen LogP contribution is -2.48. The summed E-state index contributed by atoms with van der Waals surface area (Å²) in [6.45, 7) is 1.32. The SMILES string of the molecule is COc1cnc(N2CCCC(CC3CC3)(C(=O)O)C2)nc1. The molecule has 0 spiro atoms. The Hall–Kier alpha value is -1.85. The molecule has 1 atom stereocenters. The molecule has 2 aliphatic rings. The highest BCUT2D eigenvalue weighted by Gasteiger charge is 2.46. The second kappa shape index (κ2) is 5.50. The van der Waals surface area contributed by atoms with Crippen LogP contribution in [0.5, 0.6) is 5.75 Å². The van der Waals surface area contributed by atoms with Gasteiger partial charge >= 0.3 is 5.97 Å². The smallest absolute Gasteiger partial charge is 0.311 e. The van der Waals surface area contributed by atoms with Crippen LogP contribution in [0.15, 0.2) is 12.4 Å². The molecule has 1 saturated heterocycles. The van der Waals surface area contributed by atoms with E-state index in [1.54, 1.807) is 19.5 Å². The standard InChI is InChI=1S/C15H21N3O3/c1-21-12-8-16-14(17-9-12)18-6-2-5-15(10-18,13(19)20)7-11-3-4-11/h8-9,11H,2-7,10H2,1H3,(H,19,20). The van der Waals surface area contributed by atoms with E-state index in [4.69, 9.17) is 4.74 Å². The molecule has 1 aliphatic heterocycles. The van der Waals surface area contributed by atoms with Crippen molar-refractivity contribution in [1.82, 2.24) is 9.97 Å². The topological polar surface area (TPSA) is 75.5 Å². The van der Waals surface area contributed by atoms with Gasteiger partial charge in [-0.15, -0.1) is 0 Å². The number of piperidine rings is 1. The van der Waals surface area contributed by atoms with Crippen LogP contribution in [-0.2, 0) is 4.79 Å². The molecule has 0 radical (unpaired) electrons. The van der Waals surface area contributed by atoms with Crippen LogP contribution >= 0.6 is 0 Å². The average molecular weight is 291 g/mol. The summed E-state index contributed by atoms with van der Waals surface area (Å²) >= 11 is 0. The molecule has 2 fully saturated rings. The van der Waals surface area contributed by atoms with Crippen molar-refractivity contribution in [2.45, 2.75) is 32.1 Å². The predicted molar refractivity (Wildman–Crippen MR) is 77.4 cm³/mol. The minimum atomic E-state index is -0.674. The van der Waals surface area contributed by atoms with E-state index in [9.17, 15) is 9.90 Å². The molecule has 1 unspecified atom stereocenters. The number of hydrogen-bond donors (Lipinski definition) is 1. The number of carboxylic acids is 1. The van der Waals surface area contributed by atoms with Crippen molar-refractivity contribution >= 4 is 11.9 Å². The summed E-state index contributed by atoms with van der Waals surface area (Å²) in [5.41, 5.74) is -0.636. The minimum absolute atomic E-state index is 0.505. The average Bonchev–Trinajstić information content (AvgIpc) is 3.31. The van der Waals surface area contributed by atoms with Gasteiger partial charge in [-0.05, 0) is 25.2 Å². The molecule has 0 aromatic carbocycles. The summed E-state index contributed by atoms with van der Waals surface area (Å²) in [5.74, 6) is 1.13. The van der Waals surface area contributed by atoms with Gasteiger partial charge in [-0.3, -0.25) is 4.79 Å². The summed E-state index contributed by atoms with van der Waals surface area (Å²) in [5, 5.41) is 9.72. The third-order valence-electron chi connectivity index (χ3n) is 4.54. The van der Waals surface area contributed by atoms with Gasteiger partial charge in [-0.1, -0.05) is 12.8 Å². The predicted octanol–water partition coefficient (Wildman–Crippen LogP) is 1.96. The maximum atomic E-state index is 11.8. The number of rotatable bonds is 5. The van der Waals surface area contributed by atoms with Gasteiger partial charge in [0.2, 0.25) is 5.95 Å². The maximum Gasteiger partial charge on any atom is 0.311 e. The molecule has 21 heavy (non-hydrogen) atoms. The van der Waals surface area contributed by atoms with E-state index in [1.165, 1.54) is 12.8 Å². The number of carbonyl (C=O) groups is 1. The second-order valence-corrected chi connectivity index (χ2v) is 6.18. The van der Waals surface area contributed by atoms with Crippen LogP contribution in [0, 0.1) is 11.3 Å². The van der Waals surface area contributed by atoms with Crippen LogP contribution in [0.2, 0.25) is 0 Å². The molecule has 2 heterocycles. The molecule has 1 aliphatic carbocycles. The molecule has 6 heteroatoms. The first-order valence-electron chi connectivity index (χ1n) is 7.47. The Morgan fingerprint density at radius 3 is 2.76 bits per heavy atom. The Balaban J connectivity index is 1.77. The highest BCUT2D eigenvalue weighted by molar-refractivity contribution is 5.76. The molecular weight excluding hydrogens is 270 g/mol. The number of nitrogens with zero attached hydrogens (tertiary/aromatic N) is 3. The number of hydrogen-bond acceptors (Lipinski definition) is 5. The Bertz CT molecular complexity index is 515. The van der Waals surface area contributed by atoms with Gasteiger partial charge in [-0.25, -0.2) is 9.97 Å².